The molecule has 1 fully saturated rings. The lowest BCUT2D eigenvalue weighted by molar-refractivity contribution is -0.121. The second kappa shape index (κ2) is 10.5. The zero-order chi connectivity index (χ0) is 21.5. The molecule has 0 saturated carbocycles. The fourth-order valence-electron chi connectivity index (χ4n) is 2.89. The highest BCUT2D eigenvalue weighted by Gasteiger charge is 2.30. The predicted octanol–water partition coefficient (Wildman–Crippen LogP) is 5.54. The fraction of sp³-hybridized carbons (Fsp3) is 0.250. The highest BCUT2D eigenvalue weighted by Crippen LogP contribution is 2.32. The molecule has 1 saturated heterocycles. The Morgan fingerprint density at radius 2 is 1.83 bits per heavy atom. The van der Waals surface area contributed by atoms with Gasteiger partial charge >= 0.3 is 0 Å². The molecule has 1 heterocycles. The minimum atomic E-state index is -0.0749. The van der Waals surface area contributed by atoms with Crippen molar-refractivity contribution < 1.29 is 14.3 Å². The van der Waals surface area contributed by atoms with Gasteiger partial charge in [-0.1, -0.05) is 54.3 Å². The smallest absolute Gasteiger partial charge is 0.266 e. The third-order valence-electron chi connectivity index (χ3n) is 4.52. The van der Waals surface area contributed by atoms with Gasteiger partial charge in [-0.2, -0.15) is 0 Å². The first-order chi connectivity index (χ1) is 14.5. The third kappa shape index (κ3) is 5.74. The van der Waals surface area contributed by atoms with E-state index >= 15 is 0 Å². The summed E-state index contributed by atoms with van der Waals surface area (Å²) >= 11 is 6.58. The number of nitrogens with zero attached hydrogens (tertiary/aromatic N) is 1. The molecule has 1 aliphatic heterocycles. The van der Waals surface area contributed by atoms with E-state index in [9.17, 15) is 4.79 Å². The maximum absolute atomic E-state index is 12.4. The second-order valence-electron chi connectivity index (χ2n) is 6.97. The van der Waals surface area contributed by atoms with Crippen LogP contribution in [0.3, 0.4) is 0 Å². The molecule has 0 aliphatic carbocycles. The van der Waals surface area contributed by atoms with E-state index in [1.807, 2.05) is 37.3 Å². The number of aryl methyl sites for hydroxylation is 2. The monoisotopic (exact) mass is 439 g/mol. The van der Waals surface area contributed by atoms with Crippen LogP contribution in [0.2, 0.25) is 0 Å². The molecule has 1 amide bonds. The topological polar surface area (TPSA) is 38.8 Å². The highest BCUT2D eigenvalue weighted by molar-refractivity contribution is 8.26. The van der Waals surface area contributed by atoms with Crippen molar-refractivity contribution in [2.45, 2.75) is 20.3 Å². The summed E-state index contributed by atoms with van der Waals surface area (Å²) in [6, 6.07) is 13.9. The molecule has 4 nitrogen and oxygen atoms in total. The maximum atomic E-state index is 12.4. The molecule has 0 atom stereocenters. The zero-order valence-corrected chi connectivity index (χ0v) is 18.9. The number of rotatable bonds is 9. The Morgan fingerprint density at radius 1 is 1.10 bits per heavy atom. The summed E-state index contributed by atoms with van der Waals surface area (Å²) in [5.41, 5.74) is 3.26. The third-order valence-corrected chi connectivity index (χ3v) is 5.90. The summed E-state index contributed by atoms with van der Waals surface area (Å²) in [6.45, 7) is 9.38. The minimum Gasteiger partial charge on any atom is -0.493 e. The zero-order valence-electron chi connectivity index (χ0n) is 17.2. The quantitative estimate of drug-likeness (QED) is 0.222. The Hall–Kier alpha value is -2.57. The van der Waals surface area contributed by atoms with Gasteiger partial charge < -0.3 is 9.47 Å². The summed E-state index contributed by atoms with van der Waals surface area (Å²) < 4.78 is 12.2. The van der Waals surface area contributed by atoms with Crippen molar-refractivity contribution in [1.29, 1.82) is 0 Å². The number of thiocarbonyl (C=S) groups is 1. The molecule has 0 radical (unpaired) electrons. The van der Waals surface area contributed by atoms with E-state index < -0.39 is 0 Å². The molecule has 30 heavy (non-hydrogen) atoms. The Kier molecular flexibility index (Phi) is 7.71. The largest absolute Gasteiger partial charge is 0.493 e. The maximum Gasteiger partial charge on any atom is 0.266 e. The lowest BCUT2D eigenvalue weighted by Gasteiger charge is -2.11. The summed E-state index contributed by atoms with van der Waals surface area (Å²) in [6.07, 6.45) is 4.32. The van der Waals surface area contributed by atoms with Crippen LogP contribution < -0.4 is 9.47 Å². The number of hydrogen-bond acceptors (Lipinski definition) is 5. The Balaban J connectivity index is 1.47. The first-order valence-corrected chi connectivity index (χ1v) is 11.0. The molecule has 1 aliphatic rings. The summed E-state index contributed by atoms with van der Waals surface area (Å²) in [5, 5.41) is 0. The van der Waals surface area contributed by atoms with E-state index in [0.29, 0.717) is 29.0 Å². The van der Waals surface area contributed by atoms with Gasteiger partial charge in [0.15, 0.2) is 0 Å². The van der Waals surface area contributed by atoms with Gasteiger partial charge in [0.05, 0.1) is 18.1 Å². The van der Waals surface area contributed by atoms with E-state index in [0.717, 1.165) is 29.0 Å². The van der Waals surface area contributed by atoms with Crippen LogP contribution in [0.25, 0.3) is 6.08 Å². The molecule has 2 aromatic carbocycles. The predicted molar refractivity (Wildman–Crippen MR) is 128 cm³/mol. The van der Waals surface area contributed by atoms with Crippen LogP contribution in [0, 0.1) is 13.8 Å². The molecule has 0 unspecified atom stereocenters. The van der Waals surface area contributed by atoms with Gasteiger partial charge in [-0.15, -0.1) is 6.58 Å². The highest BCUT2D eigenvalue weighted by atomic mass is 32.2. The second-order valence-corrected chi connectivity index (χ2v) is 8.65. The van der Waals surface area contributed by atoms with Crippen molar-refractivity contribution >= 4 is 40.3 Å². The molecule has 156 valence electrons. The summed E-state index contributed by atoms with van der Waals surface area (Å²) in [7, 11) is 0. The van der Waals surface area contributed by atoms with Crippen molar-refractivity contribution in [2.75, 3.05) is 19.8 Å². The van der Waals surface area contributed by atoms with Crippen LogP contribution in [-0.4, -0.2) is 34.9 Å². The number of amides is 1. The molecular formula is C24H25NO3S2. The number of benzene rings is 2. The van der Waals surface area contributed by atoms with Gasteiger partial charge in [-0.3, -0.25) is 9.69 Å². The van der Waals surface area contributed by atoms with Crippen LogP contribution in [-0.2, 0) is 4.79 Å². The molecule has 0 aromatic heterocycles. The number of ether oxygens (including phenoxy) is 2. The number of carbonyl (C=O) groups is 1. The van der Waals surface area contributed by atoms with Crippen molar-refractivity contribution in [2.24, 2.45) is 0 Å². The molecule has 3 rings (SSSR count). The lowest BCUT2D eigenvalue weighted by atomic mass is 10.1. The Labute approximate surface area is 187 Å². The SMILES string of the molecule is C=CCN1C(=O)C(=Cc2ccc(OCCCOc3cc(C)ccc3C)cc2)SC1=S. The van der Waals surface area contributed by atoms with Crippen molar-refractivity contribution in [1.82, 2.24) is 4.90 Å². The Bertz CT molecular complexity index is 967. The van der Waals surface area contributed by atoms with Crippen molar-refractivity contribution in [3.63, 3.8) is 0 Å². The first-order valence-electron chi connectivity index (χ1n) is 9.77. The van der Waals surface area contributed by atoms with Crippen LogP contribution >= 0.6 is 24.0 Å². The van der Waals surface area contributed by atoms with Gasteiger partial charge in [0.25, 0.3) is 5.91 Å². The fourth-order valence-corrected chi connectivity index (χ4v) is 4.17. The van der Waals surface area contributed by atoms with E-state index in [2.05, 4.69) is 31.7 Å². The first kappa shape index (κ1) is 22.1. The van der Waals surface area contributed by atoms with Crippen LogP contribution in [0.1, 0.15) is 23.1 Å². The molecular weight excluding hydrogens is 414 g/mol. The minimum absolute atomic E-state index is 0.0749. The van der Waals surface area contributed by atoms with E-state index in [-0.39, 0.29) is 5.91 Å². The average molecular weight is 440 g/mol. The summed E-state index contributed by atoms with van der Waals surface area (Å²) in [5.74, 6) is 1.64. The molecule has 0 spiro atoms. The van der Waals surface area contributed by atoms with Gasteiger partial charge in [0.2, 0.25) is 0 Å². The van der Waals surface area contributed by atoms with Gasteiger partial charge in [-0.05, 0) is 54.8 Å². The van der Waals surface area contributed by atoms with E-state index in [4.69, 9.17) is 21.7 Å². The van der Waals surface area contributed by atoms with E-state index in [1.54, 1.807) is 11.0 Å². The molecule has 6 heteroatoms. The van der Waals surface area contributed by atoms with E-state index in [1.165, 1.54) is 17.3 Å². The van der Waals surface area contributed by atoms with Gasteiger partial charge in [0.1, 0.15) is 15.8 Å². The van der Waals surface area contributed by atoms with Gasteiger partial charge in [0, 0.05) is 13.0 Å². The van der Waals surface area contributed by atoms with Crippen LogP contribution in [0.15, 0.2) is 60.0 Å². The molecule has 0 bridgehead atoms. The molecule has 0 N–H and O–H groups in total. The Morgan fingerprint density at radius 3 is 2.57 bits per heavy atom. The summed E-state index contributed by atoms with van der Waals surface area (Å²) in [4.78, 5) is 14.6. The van der Waals surface area contributed by atoms with Crippen LogP contribution in [0.4, 0.5) is 0 Å². The standard InChI is InChI=1S/C24H25NO3S2/c1-4-12-25-23(26)22(30-24(25)29)16-19-8-10-20(11-9-19)27-13-5-14-28-21-15-17(2)6-7-18(21)3/h4,6-11,15-16H,1,5,12-14H2,2-3H3. The average Bonchev–Trinajstić information content (AvgIpc) is 2.99. The number of hydrogen-bond donors (Lipinski definition) is 0. The molecule has 2 aromatic rings. The number of carbonyl (C=O) groups excluding carboxylic acids is 1. The lowest BCUT2D eigenvalue weighted by Crippen LogP contribution is -2.27. The van der Waals surface area contributed by atoms with Crippen molar-refractivity contribution in [3.05, 3.63) is 76.7 Å². The normalized spacial score (nSPS) is 15.0. The number of thioether (sulfide) groups is 1. The van der Waals surface area contributed by atoms with Crippen LogP contribution in [0.5, 0.6) is 11.5 Å². The van der Waals surface area contributed by atoms with Gasteiger partial charge in [-0.25, -0.2) is 0 Å². The van der Waals surface area contributed by atoms with Crippen molar-refractivity contribution in [3.8, 4) is 11.5 Å².